The minimum atomic E-state index is -1.03. The average molecular weight is 529 g/mol. The van der Waals surface area contributed by atoms with Gasteiger partial charge in [-0.25, -0.2) is 14.6 Å². The normalized spacial score (nSPS) is 24.9. The Labute approximate surface area is 203 Å². The smallest absolute Gasteiger partial charge is 0.428 e. The molecule has 0 radical (unpaired) electrons. The fourth-order valence-corrected chi connectivity index (χ4v) is 5.17. The van der Waals surface area contributed by atoms with Crippen molar-refractivity contribution in [2.24, 2.45) is 10.5 Å². The molecule has 176 valence electrons. The molecule has 4 rings (SSSR count). The fourth-order valence-electron chi connectivity index (χ4n) is 4.63. The van der Waals surface area contributed by atoms with Gasteiger partial charge in [-0.15, -0.1) is 5.10 Å². The molecule has 2 aromatic rings. The van der Waals surface area contributed by atoms with Gasteiger partial charge in [0.05, 0.1) is 11.5 Å². The summed E-state index contributed by atoms with van der Waals surface area (Å²) in [6.07, 6.45) is 2.82. The fraction of sp³-hybridized carbons (Fsp3) is 0.391. The molecule has 1 fully saturated rings. The molecule has 2 heterocycles. The van der Waals surface area contributed by atoms with Crippen LogP contribution in [-0.4, -0.2) is 39.6 Å². The molecule has 0 saturated heterocycles. The number of nitrogens with zero attached hydrogens (tertiary/aromatic N) is 4. The molecule has 1 aromatic heterocycles. The van der Waals surface area contributed by atoms with E-state index < -0.39 is 22.9 Å². The Bertz CT molecular complexity index is 1170. The molecular formula is C23H22BrFN6O3. The standard InChI is InChI=1S/C23H22BrFN6O3/c1-14(28-20(32)18-3-2-10-27-29-18)12-22(13-26)6-8-23(9-7-22)19(30-31-21(33)34-23)16-5-4-15(25)11-17(16)24/h2-5,10-11,14H,6-9,12H2,1H3,(H,28,32)(H,31,33)/t14-,22?,23?/m0/s1. The number of nitriles is 1. The van der Waals surface area contributed by atoms with Crippen LogP contribution in [0.4, 0.5) is 9.18 Å². The van der Waals surface area contributed by atoms with Crippen LogP contribution in [0.3, 0.4) is 0 Å². The van der Waals surface area contributed by atoms with E-state index in [-0.39, 0.29) is 17.6 Å². The summed E-state index contributed by atoms with van der Waals surface area (Å²) in [5, 5.41) is 24.7. The first-order valence-electron chi connectivity index (χ1n) is 10.8. The number of aromatic nitrogens is 2. The minimum Gasteiger partial charge on any atom is -0.435 e. The third-order valence-electron chi connectivity index (χ3n) is 6.30. The van der Waals surface area contributed by atoms with Crippen molar-refractivity contribution in [3.05, 3.63) is 58.1 Å². The lowest BCUT2D eigenvalue weighted by atomic mass is 9.65. The Morgan fingerprint density at radius 3 is 2.76 bits per heavy atom. The van der Waals surface area contributed by atoms with Gasteiger partial charge in [0, 0.05) is 22.3 Å². The van der Waals surface area contributed by atoms with E-state index in [1.54, 1.807) is 18.2 Å². The molecule has 0 bridgehead atoms. The van der Waals surface area contributed by atoms with Crippen LogP contribution in [0.15, 0.2) is 46.1 Å². The molecule has 11 heteroatoms. The third-order valence-corrected chi connectivity index (χ3v) is 6.95. The molecular weight excluding hydrogens is 507 g/mol. The van der Waals surface area contributed by atoms with Crippen molar-refractivity contribution < 1.29 is 18.7 Å². The topological polar surface area (TPSA) is 129 Å². The first-order valence-corrected chi connectivity index (χ1v) is 11.6. The number of carbonyl (C=O) groups is 2. The molecule has 1 aliphatic heterocycles. The van der Waals surface area contributed by atoms with E-state index in [1.165, 1.54) is 18.3 Å². The molecule has 34 heavy (non-hydrogen) atoms. The van der Waals surface area contributed by atoms with Crippen molar-refractivity contribution in [1.29, 1.82) is 5.26 Å². The number of hydrazone groups is 1. The monoisotopic (exact) mass is 528 g/mol. The van der Waals surface area contributed by atoms with Crippen LogP contribution in [0.2, 0.25) is 0 Å². The van der Waals surface area contributed by atoms with Crippen molar-refractivity contribution in [1.82, 2.24) is 20.9 Å². The van der Waals surface area contributed by atoms with E-state index in [9.17, 15) is 19.2 Å². The zero-order valence-corrected chi connectivity index (χ0v) is 19.9. The highest BCUT2D eigenvalue weighted by Gasteiger charge is 2.51. The number of amides is 2. The largest absolute Gasteiger partial charge is 0.435 e. The van der Waals surface area contributed by atoms with E-state index in [0.29, 0.717) is 47.9 Å². The van der Waals surface area contributed by atoms with Gasteiger partial charge in [0.25, 0.3) is 5.91 Å². The molecule has 2 amide bonds. The number of carbonyl (C=O) groups excluding carboxylic acids is 2. The highest BCUT2D eigenvalue weighted by Crippen LogP contribution is 2.47. The van der Waals surface area contributed by atoms with Gasteiger partial charge >= 0.3 is 6.09 Å². The molecule has 2 N–H and O–H groups in total. The summed E-state index contributed by atoms with van der Waals surface area (Å²) in [6, 6.07) is 9.56. The molecule has 0 unspecified atom stereocenters. The van der Waals surface area contributed by atoms with E-state index in [2.05, 4.69) is 48.0 Å². The van der Waals surface area contributed by atoms with Crippen LogP contribution in [0.1, 0.15) is 55.1 Å². The Morgan fingerprint density at radius 2 is 2.12 bits per heavy atom. The van der Waals surface area contributed by atoms with Gasteiger partial charge in [-0.05, 0) is 69.4 Å². The van der Waals surface area contributed by atoms with E-state index in [4.69, 9.17) is 4.74 Å². The van der Waals surface area contributed by atoms with Crippen LogP contribution < -0.4 is 10.7 Å². The Kier molecular flexibility index (Phi) is 6.61. The summed E-state index contributed by atoms with van der Waals surface area (Å²) in [7, 11) is 0. The zero-order valence-electron chi connectivity index (χ0n) is 18.3. The van der Waals surface area contributed by atoms with Crippen LogP contribution in [0.5, 0.6) is 0 Å². The Balaban J connectivity index is 1.50. The number of halogens is 2. The van der Waals surface area contributed by atoms with Crippen LogP contribution in [-0.2, 0) is 4.74 Å². The Morgan fingerprint density at radius 1 is 1.35 bits per heavy atom. The maximum Gasteiger partial charge on any atom is 0.428 e. The molecule has 1 atom stereocenters. The average Bonchev–Trinajstić information content (AvgIpc) is 2.82. The predicted octanol–water partition coefficient (Wildman–Crippen LogP) is 3.85. The van der Waals surface area contributed by atoms with E-state index in [1.807, 2.05) is 6.92 Å². The van der Waals surface area contributed by atoms with Gasteiger partial charge in [0.2, 0.25) is 0 Å². The SMILES string of the molecule is C[C@@H](CC1(C#N)CCC2(CC1)OC(=O)NN=C2c1ccc(F)cc1Br)NC(=O)c1cccnn1. The van der Waals surface area contributed by atoms with Crippen molar-refractivity contribution >= 4 is 33.6 Å². The maximum absolute atomic E-state index is 13.6. The summed E-state index contributed by atoms with van der Waals surface area (Å²) in [6.45, 7) is 1.84. The van der Waals surface area contributed by atoms with E-state index in [0.717, 1.165) is 0 Å². The molecule has 1 aliphatic carbocycles. The van der Waals surface area contributed by atoms with Gasteiger partial charge in [-0.2, -0.15) is 15.5 Å². The van der Waals surface area contributed by atoms with Crippen molar-refractivity contribution in [2.45, 2.75) is 50.7 Å². The zero-order chi connectivity index (χ0) is 24.3. The summed E-state index contributed by atoms with van der Waals surface area (Å²) < 4.78 is 19.9. The first-order chi connectivity index (χ1) is 16.3. The van der Waals surface area contributed by atoms with Crippen LogP contribution in [0, 0.1) is 22.6 Å². The first kappa shape index (κ1) is 23.8. The van der Waals surface area contributed by atoms with Gasteiger partial charge in [0.15, 0.2) is 11.3 Å². The van der Waals surface area contributed by atoms with Crippen LogP contribution in [0.25, 0.3) is 0 Å². The molecule has 9 nitrogen and oxygen atoms in total. The number of nitrogens with one attached hydrogen (secondary N) is 2. The molecule has 1 aromatic carbocycles. The van der Waals surface area contributed by atoms with Crippen LogP contribution >= 0.6 is 15.9 Å². The second-order valence-corrected chi connectivity index (χ2v) is 9.51. The second kappa shape index (κ2) is 9.46. The number of rotatable bonds is 5. The quantitative estimate of drug-likeness (QED) is 0.606. The number of ether oxygens (including phenoxy) is 1. The highest BCUT2D eigenvalue weighted by atomic mass is 79.9. The van der Waals surface area contributed by atoms with Gasteiger partial charge < -0.3 is 10.1 Å². The highest BCUT2D eigenvalue weighted by molar-refractivity contribution is 9.10. The number of benzene rings is 1. The van der Waals surface area contributed by atoms with Crippen molar-refractivity contribution in [2.75, 3.05) is 0 Å². The third kappa shape index (κ3) is 4.77. The molecule has 1 saturated carbocycles. The summed E-state index contributed by atoms with van der Waals surface area (Å²) in [4.78, 5) is 24.5. The summed E-state index contributed by atoms with van der Waals surface area (Å²) >= 11 is 3.37. The molecule has 1 spiro atoms. The minimum absolute atomic E-state index is 0.204. The van der Waals surface area contributed by atoms with Gasteiger partial charge in [0.1, 0.15) is 11.5 Å². The number of hydrogen-bond acceptors (Lipinski definition) is 7. The summed E-state index contributed by atoms with van der Waals surface area (Å²) in [5.74, 6) is -0.764. The predicted molar refractivity (Wildman–Crippen MR) is 123 cm³/mol. The van der Waals surface area contributed by atoms with Gasteiger partial charge in [-0.1, -0.05) is 15.9 Å². The van der Waals surface area contributed by atoms with Gasteiger partial charge in [-0.3, -0.25) is 4.79 Å². The second-order valence-electron chi connectivity index (χ2n) is 8.66. The lowest BCUT2D eigenvalue weighted by Crippen LogP contribution is -2.54. The van der Waals surface area contributed by atoms with Crippen molar-refractivity contribution in [3.63, 3.8) is 0 Å². The summed E-state index contributed by atoms with van der Waals surface area (Å²) in [5.41, 5.74) is 1.88. The lowest BCUT2D eigenvalue weighted by molar-refractivity contribution is 0.00352. The van der Waals surface area contributed by atoms with E-state index >= 15 is 0 Å². The lowest BCUT2D eigenvalue weighted by Gasteiger charge is -2.45. The maximum atomic E-state index is 13.6. The number of hydrogen-bond donors (Lipinski definition) is 2. The Hall–Kier alpha value is -3.39. The van der Waals surface area contributed by atoms with Crippen molar-refractivity contribution in [3.8, 4) is 6.07 Å². The molecule has 2 aliphatic rings.